The fourth-order valence-corrected chi connectivity index (χ4v) is 7.91. The zero-order chi connectivity index (χ0) is 19.7. The zero-order valence-corrected chi connectivity index (χ0v) is 17.5. The quantitative estimate of drug-likeness (QED) is 0.581. The average Bonchev–Trinajstić information content (AvgIpc) is 3.07. The Morgan fingerprint density at radius 2 is 1.43 bits per heavy atom. The molecule has 1 heterocycles. The molecule has 6 heteroatoms. The molecule has 3 aromatic rings. The van der Waals surface area contributed by atoms with E-state index in [2.05, 4.69) is 0 Å². The Balaban J connectivity index is 1.80. The van der Waals surface area contributed by atoms with Gasteiger partial charge in [0, 0.05) is 5.30 Å². The first-order valence-electron chi connectivity index (χ1n) is 9.16. The van der Waals surface area contributed by atoms with Gasteiger partial charge in [-0.25, -0.2) is 8.42 Å². The van der Waals surface area contributed by atoms with E-state index in [1.165, 1.54) is 0 Å². The molecule has 0 radical (unpaired) electrons. The predicted molar refractivity (Wildman–Crippen MR) is 113 cm³/mol. The molecule has 0 aromatic heterocycles. The summed E-state index contributed by atoms with van der Waals surface area (Å²) in [6.45, 7) is 3.87. The van der Waals surface area contributed by atoms with Crippen LogP contribution in [0.3, 0.4) is 0 Å². The third kappa shape index (κ3) is 3.51. The number of benzene rings is 3. The van der Waals surface area contributed by atoms with E-state index in [4.69, 9.17) is 4.52 Å². The molecule has 28 heavy (non-hydrogen) atoms. The number of nitrogens with zero attached hydrogens (tertiary/aromatic N) is 1. The van der Waals surface area contributed by atoms with Crippen LogP contribution < -0.4 is 5.30 Å². The molecule has 0 bridgehead atoms. The maximum atomic E-state index is 13.6. The van der Waals surface area contributed by atoms with Gasteiger partial charge in [0.15, 0.2) is 8.30 Å². The van der Waals surface area contributed by atoms with Gasteiger partial charge in [0.2, 0.25) is 10.0 Å². The average molecular weight is 411 g/mol. The smallest absolute Gasteiger partial charge is 0.248 e. The molecule has 1 fully saturated rings. The van der Waals surface area contributed by atoms with E-state index in [0.717, 1.165) is 16.4 Å². The van der Waals surface area contributed by atoms with Crippen LogP contribution in [0.15, 0.2) is 89.8 Å². The molecule has 1 aliphatic heterocycles. The van der Waals surface area contributed by atoms with Gasteiger partial charge in [0.1, 0.15) is 6.10 Å². The van der Waals surface area contributed by atoms with Gasteiger partial charge in [-0.2, -0.15) is 0 Å². The summed E-state index contributed by atoms with van der Waals surface area (Å²) in [5.74, 6) is 0. The van der Waals surface area contributed by atoms with E-state index in [9.17, 15) is 8.42 Å². The number of hydrogen-bond donors (Lipinski definition) is 0. The summed E-state index contributed by atoms with van der Waals surface area (Å²) in [6.07, 6.45) is -0.312. The molecule has 0 N–H and O–H groups in total. The van der Waals surface area contributed by atoms with E-state index < -0.39 is 18.3 Å². The second-order valence-electron chi connectivity index (χ2n) is 6.88. The molecular formula is C22H22NO3PS. The van der Waals surface area contributed by atoms with Crippen molar-refractivity contribution in [1.29, 1.82) is 0 Å². The fraction of sp³-hybridized carbons (Fsp3) is 0.182. The van der Waals surface area contributed by atoms with Crippen molar-refractivity contribution in [2.45, 2.75) is 30.9 Å². The second-order valence-corrected chi connectivity index (χ2v) is 10.7. The van der Waals surface area contributed by atoms with Crippen LogP contribution in [-0.2, 0) is 14.5 Å². The molecule has 1 aliphatic rings. The molecule has 0 aliphatic carbocycles. The lowest BCUT2D eigenvalue weighted by Gasteiger charge is -2.25. The summed E-state index contributed by atoms with van der Waals surface area (Å²) in [5, 5.41) is 0.887. The molecule has 4 nitrogen and oxygen atoms in total. The van der Waals surface area contributed by atoms with Gasteiger partial charge in [-0.05, 0) is 31.5 Å². The highest BCUT2D eigenvalue weighted by atomic mass is 32.2. The Morgan fingerprint density at radius 3 is 2.04 bits per heavy atom. The van der Waals surface area contributed by atoms with Crippen molar-refractivity contribution < 1.29 is 12.9 Å². The van der Waals surface area contributed by atoms with Crippen LogP contribution in [0.25, 0.3) is 0 Å². The molecule has 3 aromatic carbocycles. The Bertz CT molecular complexity index is 1040. The van der Waals surface area contributed by atoms with Crippen molar-refractivity contribution in [3.05, 3.63) is 96.1 Å². The number of rotatable bonds is 4. The van der Waals surface area contributed by atoms with Crippen molar-refractivity contribution in [2.75, 3.05) is 0 Å². The van der Waals surface area contributed by atoms with Crippen molar-refractivity contribution in [3.8, 4) is 0 Å². The van der Waals surface area contributed by atoms with Gasteiger partial charge in [0.25, 0.3) is 0 Å². The lowest BCUT2D eigenvalue weighted by Crippen LogP contribution is -2.34. The molecule has 0 spiro atoms. The van der Waals surface area contributed by atoms with Crippen molar-refractivity contribution in [3.63, 3.8) is 0 Å². The van der Waals surface area contributed by atoms with E-state index in [0.29, 0.717) is 4.90 Å². The SMILES string of the molecule is Cc1ccc(S(=O)(=O)N2[C@@H](C)[C@@H](c3ccccc3)O[P@@]2c2ccccc2)cc1. The Hall–Kier alpha value is -2.04. The molecule has 0 unspecified atom stereocenters. The molecule has 4 rings (SSSR count). The van der Waals surface area contributed by atoms with Gasteiger partial charge in [-0.1, -0.05) is 78.4 Å². The standard InChI is InChI=1S/C22H22NO3PS/c1-17-13-15-21(16-14-17)28(24,25)23-18(2)22(19-9-5-3-6-10-19)26-27(23)20-11-7-4-8-12-20/h3-16,18,22H,1-2H3/t18-,22-,27-/m0/s1. The van der Waals surface area contributed by atoms with Crippen molar-refractivity contribution in [1.82, 2.24) is 4.08 Å². The van der Waals surface area contributed by atoms with Crippen LogP contribution in [-0.4, -0.2) is 18.5 Å². The first-order valence-corrected chi connectivity index (χ1v) is 11.8. The molecule has 0 saturated carbocycles. The normalized spacial score (nSPS) is 23.0. The van der Waals surface area contributed by atoms with Gasteiger partial charge in [-0.3, -0.25) is 0 Å². The highest BCUT2D eigenvalue weighted by Crippen LogP contribution is 2.58. The van der Waals surface area contributed by atoms with Crippen LogP contribution >= 0.6 is 8.30 Å². The monoisotopic (exact) mass is 411 g/mol. The minimum atomic E-state index is -3.71. The lowest BCUT2D eigenvalue weighted by atomic mass is 10.0. The van der Waals surface area contributed by atoms with Crippen LogP contribution in [0.1, 0.15) is 24.2 Å². The van der Waals surface area contributed by atoms with Crippen LogP contribution in [0.4, 0.5) is 0 Å². The maximum Gasteiger partial charge on any atom is 0.248 e. The summed E-state index contributed by atoms with van der Waals surface area (Å²) in [7, 11) is -5.19. The number of sulfonamides is 1. The first-order chi connectivity index (χ1) is 13.5. The molecule has 144 valence electrons. The van der Waals surface area contributed by atoms with Gasteiger partial charge < -0.3 is 4.52 Å². The van der Waals surface area contributed by atoms with Crippen LogP contribution in [0.2, 0.25) is 0 Å². The number of aryl methyl sites for hydroxylation is 1. The second kappa shape index (κ2) is 7.76. The minimum Gasteiger partial charge on any atom is -0.329 e. The van der Waals surface area contributed by atoms with E-state index in [1.54, 1.807) is 16.2 Å². The predicted octanol–water partition coefficient (Wildman–Crippen LogP) is 4.78. The third-order valence-corrected chi connectivity index (χ3v) is 9.52. The highest BCUT2D eigenvalue weighted by molar-refractivity contribution is 7.95. The van der Waals surface area contributed by atoms with Crippen LogP contribution in [0, 0.1) is 6.92 Å². The summed E-state index contributed by atoms with van der Waals surface area (Å²) in [5.41, 5.74) is 2.01. The van der Waals surface area contributed by atoms with E-state index in [1.807, 2.05) is 86.6 Å². The molecule has 0 amide bonds. The lowest BCUT2D eigenvalue weighted by molar-refractivity contribution is 0.227. The Labute approximate surface area is 167 Å². The van der Waals surface area contributed by atoms with Crippen LogP contribution in [0.5, 0.6) is 0 Å². The first kappa shape index (κ1) is 19.3. The number of hydrogen-bond acceptors (Lipinski definition) is 3. The minimum absolute atomic E-state index is 0.297. The zero-order valence-electron chi connectivity index (χ0n) is 15.8. The third-order valence-electron chi connectivity index (χ3n) is 4.85. The maximum absolute atomic E-state index is 13.6. The summed E-state index contributed by atoms with van der Waals surface area (Å²) in [6, 6.07) is 26.1. The molecular weight excluding hydrogens is 389 g/mol. The van der Waals surface area contributed by atoms with Gasteiger partial charge in [-0.15, -0.1) is 4.08 Å². The summed E-state index contributed by atoms with van der Waals surface area (Å²) >= 11 is 0. The van der Waals surface area contributed by atoms with Gasteiger partial charge in [0.05, 0.1) is 10.9 Å². The van der Waals surface area contributed by atoms with Crippen molar-refractivity contribution in [2.24, 2.45) is 0 Å². The van der Waals surface area contributed by atoms with Crippen molar-refractivity contribution >= 4 is 23.6 Å². The van der Waals surface area contributed by atoms with E-state index in [-0.39, 0.29) is 12.1 Å². The largest absolute Gasteiger partial charge is 0.329 e. The van der Waals surface area contributed by atoms with Gasteiger partial charge >= 0.3 is 0 Å². The Kier molecular flexibility index (Phi) is 5.35. The summed E-state index contributed by atoms with van der Waals surface area (Å²) < 4.78 is 35.1. The molecule has 3 atom stereocenters. The topological polar surface area (TPSA) is 46.6 Å². The fourth-order valence-electron chi connectivity index (χ4n) is 3.37. The highest BCUT2D eigenvalue weighted by Gasteiger charge is 2.48. The molecule has 1 saturated heterocycles. The Morgan fingerprint density at radius 1 is 0.857 bits per heavy atom. The summed E-state index contributed by atoms with van der Waals surface area (Å²) in [4.78, 5) is 0.297. The van der Waals surface area contributed by atoms with E-state index >= 15 is 0 Å².